The Morgan fingerprint density at radius 1 is 1.03 bits per heavy atom. The van der Waals surface area contributed by atoms with Gasteiger partial charge in [0, 0.05) is 31.7 Å². The van der Waals surface area contributed by atoms with E-state index in [1.807, 2.05) is 18.7 Å². The Bertz CT molecular complexity index is 1220. The smallest absolute Gasteiger partial charge is 0.337 e. The van der Waals surface area contributed by atoms with E-state index in [9.17, 15) is 21.6 Å². The minimum atomic E-state index is -4.46. The van der Waals surface area contributed by atoms with Gasteiger partial charge in [-0.1, -0.05) is 35.0 Å². The van der Waals surface area contributed by atoms with Crippen LogP contribution in [0.15, 0.2) is 57.9 Å². The zero-order valence-corrected chi connectivity index (χ0v) is 18.9. The number of hydrogen-bond donors (Lipinski definition) is 0. The Kier molecular flexibility index (Phi) is 6.30. The third-order valence-corrected chi connectivity index (χ3v) is 7.64. The zero-order chi connectivity index (χ0) is 23.8. The SMILES string of the molecule is Cc1ccc(S(=O)(=O)N2CCN(C(C)c3nc(-c4cccc(C(F)(F)F)c4)no3)CC2)cc1. The largest absolute Gasteiger partial charge is 0.416 e. The predicted octanol–water partition coefficient (Wildman–Crippen LogP) is 4.13. The molecule has 2 heterocycles. The lowest BCUT2D eigenvalue weighted by Gasteiger charge is -2.36. The Hall–Kier alpha value is -2.76. The molecule has 1 atom stereocenters. The second-order valence-corrected chi connectivity index (χ2v) is 9.90. The lowest BCUT2D eigenvalue weighted by Crippen LogP contribution is -2.49. The van der Waals surface area contributed by atoms with Gasteiger partial charge in [0.05, 0.1) is 16.5 Å². The minimum absolute atomic E-state index is 0.0727. The number of sulfonamides is 1. The molecule has 0 radical (unpaired) electrons. The van der Waals surface area contributed by atoms with E-state index in [2.05, 4.69) is 10.1 Å². The fraction of sp³-hybridized carbons (Fsp3) is 0.364. The van der Waals surface area contributed by atoms with E-state index in [4.69, 9.17) is 4.52 Å². The number of alkyl halides is 3. The van der Waals surface area contributed by atoms with E-state index in [0.717, 1.165) is 17.7 Å². The van der Waals surface area contributed by atoms with Crippen LogP contribution in [0.3, 0.4) is 0 Å². The lowest BCUT2D eigenvalue weighted by molar-refractivity contribution is -0.137. The van der Waals surface area contributed by atoms with Gasteiger partial charge in [-0.25, -0.2) is 8.42 Å². The third kappa shape index (κ3) is 4.94. The molecule has 1 aromatic heterocycles. The van der Waals surface area contributed by atoms with Crippen molar-refractivity contribution in [1.29, 1.82) is 0 Å². The number of aryl methyl sites for hydroxylation is 1. The molecule has 4 rings (SSSR count). The summed E-state index contributed by atoms with van der Waals surface area (Å²) in [7, 11) is -3.58. The number of piperazine rings is 1. The van der Waals surface area contributed by atoms with Crippen molar-refractivity contribution in [2.45, 2.75) is 31.0 Å². The van der Waals surface area contributed by atoms with Gasteiger partial charge in [0.25, 0.3) is 0 Å². The van der Waals surface area contributed by atoms with Crippen molar-refractivity contribution in [3.05, 3.63) is 65.5 Å². The molecule has 1 aliphatic rings. The van der Waals surface area contributed by atoms with E-state index < -0.39 is 21.8 Å². The maximum absolute atomic E-state index is 13.0. The minimum Gasteiger partial charge on any atom is -0.337 e. The van der Waals surface area contributed by atoms with Crippen LogP contribution in [0.1, 0.15) is 30.0 Å². The van der Waals surface area contributed by atoms with Gasteiger partial charge >= 0.3 is 6.18 Å². The number of hydrogen-bond acceptors (Lipinski definition) is 6. The average molecular weight is 481 g/mol. The summed E-state index contributed by atoms with van der Waals surface area (Å²) in [6, 6.07) is 11.2. The molecule has 7 nitrogen and oxygen atoms in total. The molecule has 0 N–H and O–H groups in total. The molecule has 0 aliphatic carbocycles. The van der Waals surface area contributed by atoms with E-state index >= 15 is 0 Å². The van der Waals surface area contributed by atoms with Crippen molar-refractivity contribution in [1.82, 2.24) is 19.3 Å². The molecule has 1 unspecified atom stereocenters. The van der Waals surface area contributed by atoms with Crippen LogP contribution < -0.4 is 0 Å². The molecule has 11 heteroatoms. The van der Waals surface area contributed by atoms with Crippen molar-refractivity contribution in [3.63, 3.8) is 0 Å². The number of aromatic nitrogens is 2. The molecule has 0 spiro atoms. The van der Waals surface area contributed by atoms with E-state index in [1.165, 1.54) is 16.4 Å². The summed E-state index contributed by atoms with van der Waals surface area (Å²) < 4.78 is 71.5. The molecular formula is C22H23F3N4O3S. The fourth-order valence-corrected chi connectivity index (χ4v) is 5.13. The summed E-state index contributed by atoms with van der Waals surface area (Å²) in [5, 5.41) is 3.84. The molecule has 1 saturated heterocycles. The molecule has 0 amide bonds. The number of halogens is 3. The second kappa shape index (κ2) is 8.88. The monoisotopic (exact) mass is 480 g/mol. The molecule has 33 heavy (non-hydrogen) atoms. The molecule has 0 bridgehead atoms. The zero-order valence-electron chi connectivity index (χ0n) is 18.1. The van der Waals surface area contributed by atoms with Crippen LogP contribution in [-0.4, -0.2) is 53.9 Å². The summed E-state index contributed by atoms with van der Waals surface area (Å²) in [6.45, 7) is 5.24. The van der Waals surface area contributed by atoms with Crippen LogP contribution in [0, 0.1) is 6.92 Å². The summed E-state index contributed by atoms with van der Waals surface area (Å²) in [5.41, 5.74) is 0.406. The summed E-state index contributed by atoms with van der Waals surface area (Å²) >= 11 is 0. The van der Waals surface area contributed by atoms with Gasteiger partial charge in [0.1, 0.15) is 0 Å². The van der Waals surface area contributed by atoms with Crippen LogP contribution in [0.25, 0.3) is 11.4 Å². The third-order valence-electron chi connectivity index (χ3n) is 5.73. The van der Waals surface area contributed by atoms with Gasteiger partial charge in [-0.05, 0) is 38.1 Å². The first-order valence-corrected chi connectivity index (χ1v) is 11.8. The predicted molar refractivity (Wildman–Crippen MR) is 115 cm³/mol. The highest BCUT2D eigenvalue weighted by Gasteiger charge is 2.33. The first kappa shape index (κ1) is 23.4. The van der Waals surface area contributed by atoms with Crippen LogP contribution in [0.5, 0.6) is 0 Å². The number of rotatable bonds is 5. The van der Waals surface area contributed by atoms with Crippen LogP contribution in [0.4, 0.5) is 13.2 Å². The number of benzene rings is 2. The topological polar surface area (TPSA) is 79.5 Å². The first-order valence-electron chi connectivity index (χ1n) is 10.4. The van der Waals surface area contributed by atoms with E-state index in [1.54, 1.807) is 24.3 Å². The molecule has 1 aliphatic heterocycles. The molecule has 3 aromatic rings. The van der Waals surface area contributed by atoms with E-state index in [0.29, 0.717) is 26.2 Å². The van der Waals surface area contributed by atoms with Crippen LogP contribution in [-0.2, 0) is 16.2 Å². The number of nitrogens with zero attached hydrogens (tertiary/aromatic N) is 4. The Balaban J connectivity index is 1.43. The highest BCUT2D eigenvalue weighted by atomic mass is 32.2. The van der Waals surface area contributed by atoms with Gasteiger partial charge in [-0.2, -0.15) is 22.5 Å². The Morgan fingerprint density at radius 2 is 1.70 bits per heavy atom. The second-order valence-electron chi connectivity index (χ2n) is 7.96. The van der Waals surface area contributed by atoms with Crippen molar-refractivity contribution in [2.75, 3.05) is 26.2 Å². The first-order chi connectivity index (χ1) is 15.6. The fourth-order valence-electron chi connectivity index (χ4n) is 3.70. The molecule has 2 aromatic carbocycles. The summed E-state index contributed by atoms with van der Waals surface area (Å²) in [4.78, 5) is 6.55. The van der Waals surface area contributed by atoms with Gasteiger partial charge in [0.15, 0.2) is 0 Å². The summed E-state index contributed by atoms with van der Waals surface area (Å²) in [5.74, 6) is 0.334. The van der Waals surface area contributed by atoms with Crippen molar-refractivity contribution in [3.8, 4) is 11.4 Å². The van der Waals surface area contributed by atoms with Crippen molar-refractivity contribution >= 4 is 10.0 Å². The highest BCUT2D eigenvalue weighted by Crippen LogP contribution is 2.32. The quantitative estimate of drug-likeness (QED) is 0.546. The van der Waals surface area contributed by atoms with Gasteiger partial charge in [0.2, 0.25) is 21.7 Å². The summed E-state index contributed by atoms with van der Waals surface area (Å²) in [6.07, 6.45) is -4.46. The molecule has 0 saturated carbocycles. The molecule has 1 fully saturated rings. The van der Waals surface area contributed by atoms with Crippen LogP contribution in [0.2, 0.25) is 0 Å². The van der Waals surface area contributed by atoms with Crippen molar-refractivity contribution < 1.29 is 26.1 Å². The normalized spacial score (nSPS) is 17.2. The molecular weight excluding hydrogens is 457 g/mol. The Morgan fingerprint density at radius 3 is 2.33 bits per heavy atom. The maximum atomic E-state index is 13.0. The van der Waals surface area contributed by atoms with Gasteiger partial charge < -0.3 is 4.52 Å². The Labute approximate surface area is 189 Å². The van der Waals surface area contributed by atoms with Gasteiger partial charge in [-0.3, -0.25) is 4.90 Å². The van der Waals surface area contributed by atoms with Crippen molar-refractivity contribution in [2.24, 2.45) is 0 Å². The van der Waals surface area contributed by atoms with Crippen LogP contribution >= 0.6 is 0 Å². The maximum Gasteiger partial charge on any atom is 0.416 e. The standard InChI is InChI=1S/C22H23F3N4O3S/c1-15-6-8-19(9-7-15)33(30,31)29-12-10-28(11-13-29)16(2)21-26-20(27-32-21)17-4-3-5-18(14-17)22(23,24)25/h3-9,14,16H,10-13H2,1-2H3. The van der Waals surface area contributed by atoms with E-state index in [-0.39, 0.29) is 28.2 Å². The van der Waals surface area contributed by atoms with Gasteiger partial charge in [-0.15, -0.1) is 0 Å². The molecule has 176 valence electrons. The lowest BCUT2D eigenvalue weighted by atomic mass is 10.1. The highest BCUT2D eigenvalue weighted by molar-refractivity contribution is 7.89. The average Bonchev–Trinajstić information content (AvgIpc) is 3.29.